The zero-order valence-electron chi connectivity index (χ0n) is 25.2. The summed E-state index contributed by atoms with van der Waals surface area (Å²) in [5.41, 5.74) is 8.72. The number of nitrogen functional groups attached to an aromatic ring is 1. The minimum atomic E-state index is -1.90. The van der Waals surface area contributed by atoms with Crippen LogP contribution in [-0.2, 0) is 17.9 Å². The molecular weight excluding hydrogens is 639 g/mol. The molecule has 0 saturated carbocycles. The van der Waals surface area contributed by atoms with Crippen LogP contribution in [0.15, 0.2) is 48.3 Å². The fourth-order valence-corrected chi connectivity index (χ4v) is 12.3. The van der Waals surface area contributed by atoms with E-state index in [4.69, 9.17) is 25.7 Å². The van der Waals surface area contributed by atoms with Gasteiger partial charge in [-0.15, -0.1) is 22.7 Å². The van der Waals surface area contributed by atoms with Crippen LogP contribution in [0, 0.1) is 22.7 Å². The Balaban J connectivity index is 0.976. The van der Waals surface area contributed by atoms with Crippen LogP contribution in [0.5, 0.6) is 5.88 Å². The first-order valence-corrected chi connectivity index (χ1v) is 18.9. The SMILES string of the molecule is CN(CCOC(=O)NCc1ccc(COc2nc(N)nc3nc[nH]c23)cc1)c1cc2c(s1)-c1sc(C=C(C#N)C#N)cc1[Si]2(C)C. The first-order chi connectivity index (χ1) is 22.2. The predicted octanol–water partition coefficient (Wildman–Crippen LogP) is 4.23. The van der Waals surface area contributed by atoms with Gasteiger partial charge in [0.2, 0.25) is 11.8 Å². The number of benzene rings is 1. The van der Waals surface area contributed by atoms with Gasteiger partial charge >= 0.3 is 6.09 Å². The molecule has 0 atom stereocenters. The molecule has 0 aliphatic carbocycles. The maximum atomic E-state index is 12.4. The van der Waals surface area contributed by atoms with E-state index in [1.807, 2.05) is 43.5 Å². The lowest BCUT2D eigenvalue weighted by Crippen LogP contribution is -2.48. The molecule has 0 fully saturated rings. The highest BCUT2D eigenvalue weighted by Crippen LogP contribution is 2.42. The quantitative estimate of drug-likeness (QED) is 0.144. The van der Waals surface area contributed by atoms with Crippen molar-refractivity contribution in [3.63, 3.8) is 0 Å². The first-order valence-electron chi connectivity index (χ1n) is 14.3. The average molecular weight is 668 g/mol. The number of likely N-dealkylation sites (N-methyl/N-ethyl adjacent to an activating group) is 1. The normalized spacial score (nSPS) is 12.5. The van der Waals surface area contributed by atoms with E-state index in [1.165, 1.54) is 26.5 Å². The topological polar surface area (TPSA) is 179 Å². The van der Waals surface area contributed by atoms with Crippen LogP contribution in [0.4, 0.5) is 15.7 Å². The Morgan fingerprint density at radius 1 is 1.11 bits per heavy atom. The van der Waals surface area contributed by atoms with Gasteiger partial charge in [-0.1, -0.05) is 37.4 Å². The Labute approximate surface area is 273 Å². The minimum absolute atomic E-state index is 0.0884. The van der Waals surface area contributed by atoms with E-state index in [1.54, 1.807) is 28.7 Å². The number of carbonyl (C=O) groups is 1. The van der Waals surface area contributed by atoms with Gasteiger partial charge in [0, 0.05) is 28.2 Å². The van der Waals surface area contributed by atoms with Gasteiger partial charge in [-0.05, 0) is 39.7 Å². The van der Waals surface area contributed by atoms with Gasteiger partial charge in [-0.25, -0.2) is 9.78 Å². The van der Waals surface area contributed by atoms with Gasteiger partial charge in [-0.3, -0.25) is 0 Å². The van der Waals surface area contributed by atoms with Crippen molar-refractivity contribution in [2.45, 2.75) is 26.2 Å². The summed E-state index contributed by atoms with van der Waals surface area (Å²) in [5.74, 6) is 0.422. The number of imidazole rings is 1. The number of hydrogen-bond donors (Lipinski definition) is 3. The number of H-pyrrole nitrogens is 1. The van der Waals surface area contributed by atoms with Crippen LogP contribution in [0.25, 0.3) is 27.0 Å². The molecule has 1 amide bonds. The number of anilines is 2. The number of fused-ring (bicyclic) bond motifs is 4. The molecule has 5 heterocycles. The number of nitriles is 2. The number of thiophene rings is 2. The van der Waals surface area contributed by atoms with Crippen molar-refractivity contribution >= 4 is 75.4 Å². The summed E-state index contributed by atoms with van der Waals surface area (Å²) in [6.45, 7) is 6.05. The van der Waals surface area contributed by atoms with Gasteiger partial charge < -0.3 is 30.4 Å². The van der Waals surface area contributed by atoms with E-state index >= 15 is 0 Å². The Morgan fingerprint density at radius 3 is 2.59 bits per heavy atom. The number of nitrogens with one attached hydrogen (secondary N) is 2. The summed E-state index contributed by atoms with van der Waals surface area (Å²) in [6, 6.07) is 16.0. The van der Waals surface area contributed by atoms with Crippen molar-refractivity contribution in [2.24, 2.45) is 0 Å². The van der Waals surface area contributed by atoms with Crippen LogP contribution in [-0.4, -0.2) is 54.3 Å². The Hall–Kier alpha value is -5.22. The monoisotopic (exact) mass is 667 g/mol. The van der Waals surface area contributed by atoms with Gasteiger partial charge in [0.1, 0.15) is 44.5 Å². The number of alkyl carbamates (subject to hydrolysis) is 1. The van der Waals surface area contributed by atoms with E-state index in [-0.39, 0.29) is 24.7 Å². The Kier molecular flexibility index (Phi) is 8.46. The molecule has 5 aromatic rings. The van der Waals surface area contributed by atoms with Crippen molar-refractivity contribution in [3.05, 3.63) is 64.3 Å². The third-order valence-corrected chi connectivity index (χ3v) is 14.0. The molecule has 0 unspecified atom stereocenters. The highest BCUT2D eigenvalue weighted by Gasteiger charge is 2.41. The molecule has 4 N–H and O–H groups in total. The molecule has 4 aromatic heterocycles. The number of ether oxygens (including phenoxy) is 2. The number of aromatic amines is 1. The number of nitrogens with two attached hydrogens (primary N) is 1. The van der Waals surface area contributed by atoms with E-state index in [2.05, 4.69) is 55.4 Å². The Bertz CT molecular complexity index is 2040. The number of nitrogens with zero attached hydrogens (tertiary/aromatic N) is 6. The van der Waals surface area contributed by atoms with Crippen LogP contribution < -0.4 is 31.1 Å². The van der Waals surface area contributed by atoms with E-state index in [0.29, 0.717) is 30.1 Å². The molecule has 232 valence electrons. The number of allylic oxidation sites excluding steroid dienone is 1. The summed E-state index contributed by atoms with van der Waals surface area (Å²) in [6.07, 6.45) is 2.69. The molecule has 1 aliphatic rings. The maximum absolute atomic E-state index is 12.4. The van der Waals surface area contributed by atoms with Gasteiger partial charge in [-0.2, -0.15) is 20.5 Å². The van der Waals surface area contributed by atoms with Gasteiger partial charge in [0.25, 0.3) is 0 Å². The average Bonchev–Trinajstić information content (AvgIpc) is 3.82. The van der Waals surface area contributed by atoms with Crippen LogP contribution >= 0.6 is 22.7 Å². The molecule has 46 heavy (non-hydrogen) atoms. The van der Waals surface area contributed by atoms with Crippen molar-refractivity contribution < 1.29 is 14.3 Å². The number of amides is 1. The van der Waals surface area contributed by atoms with Crippen molar-refractivity contribution in [1.82, 2.24) is 25.3 Å². The van der Waals surface area contributed by atoms with Gasteiger partial charge in [0.15, 0.2) is 5.65 Å². The zero-order valence-corrected chi connectivity index (χ0v) is 27.9. The lowest BCUT2D eigenvalue weighted by atomic mass is 10.1. The molecule has 0 saturated heterocycles. The number of aromatic nitrogens is 4. The zero-order chi connectivity index (χ0) is 32.4. The lowest BCUT2D eigenvalue weighted by Gasteiger charge is -2.19. The molecule has 15 heteroatoms. The molecule has 12 nitrogen and oxygen atoms in total. The summed E-state index contributed by atoms with van der Waals surface area (Å²) in [5, 5.41) is 25.0. The second-order valence-corrected chi connectivity index (χ2v) is 17.6. The van der Waals surface area contributed by atoms with Crippen molar-refractivity contribution in [1.29, 1.82) is 10.5 Å². The lowest BCUT2D eigenvalue weighted by molar-refractivity contribution is 0.148. The van der Waals surface area contributed by atoms with Crippen LogP contribution in [0.3, 0.4) is 0 Å². The summed E-state index contributed by atoms with van der Waals surface area (Å²) < 4.78 is 11.3. The molecule has 0 spiro atoms. The molecule has 6 rings (SSSR count). The van der Waals surface area contributed by atoms with Gasteiger partial charge in [0.05, 0.1) is 17.9 Å². The molecule has 0 bridgehead atoms. The maximum Gasteiger partial charge on any atom is 0.407 e. The molecular formula is C31H29N9O3S2Si. The first kappa shape index (κ1) is 30.8. The fraction of sp³-hybridized carbons (Fsp3) is 0.226. The standard InChI is InChI=1S/C31H29N9O3S2Si/c1-40(24-12-23-27(45-24)26-22(46(23,2)3)11-21(44-26)10-20(13-32)14-33)8-9-42-31(41)35-15-18-4-6-19(7-5-18)16-43-29-25-28(37-17-36-25)38-30(34)39-29/h4-7,10-12,17H,8-9,15-16H2,1-3H3,(H,35,41)(H3,34,36,37,38,39). The van der Waals surface area contributed by atoms with Crippen LogP contribution in [0.1, 0.15) is 16.0 Å². The van der Waals surface area contributed by atoms with E-state index in [0.717, 1.165) is 21.0 Å². The molecule has 1 aliphatic heterocycles. The number of rotatable bonds is 10. The molecule has 1 aromatic carbocycles. The summed E-state index contributed by atoms with van der Waals surface area (Å²) >= 11 is 3.36. The van der Waals surface area contributed by atoms with E-state index in [9.17, 15) is 4.79 Å². The second kappa shape index (κ2) is 12.6. The summed E-state index contributed by atoms with van der Waals surface area (Å²) in [7, 11) is 0.0958. The third-order valence-electron chi connectivity index (χ3n) is 7.69. The number of carbonyl (C=O) groups excluding carboxylic acids is 1. The fourth-order valence-electron chi connectivity index (χ4n) is 5.13. The minimum Gasteiger partial charge on any atom is -0.471 e. The number of hydrogen-bond acceptors (Lipinski definition) is 12. The second-order valence-electron chi connectivity index (χ2n) is 11.1. The van der Waals surface area contributed by atoms with Crippen LogP contribution in [0.2, 0.25) is 13.1 Å². The third kappa shape index (κ3) is 6.16. The van der Waals surface area contributed by atoms with Crippen molar-refractivity contribution in [2.75, 3.05) is 30.8 Å². The highest BCUT2D eigenvalue weighted by molar-refractivity contribution is 7.30. The molecule has 0 radical (unpaired) electrons. The highest BCUT2D eigenvalue weighted by atomic mass is 32.1. The van der Waals surface area contributed by atoms with Crippen molar-refractivity contribution in [3.8, 4) is 27.8 Å². The largest absolute Gasteiger partial charge is 0.471 e. The predicted molar refractivity (Wildman–Crippen MR) is 182 cm³/mol. The van der Waals surface area contributed by atoms with E-state index < -0.39 is 14.2 Å². The summed E-state index contributed by atoms with van der Waals surface area (Å²) in [4.78, 5) is 33.2. The smallest absolute Gasteiger partial charge is 0.407 e. The Morgan fingerprint density at radius 2 is 1.83 bits per heavy atom.